The Morgan fingerprint density at radius 3 is 1.56 bits per heavy atom. The van der Waals surface area contributed by atoms with E-state index >= 15 is 0 Å². The molecule has 1 heterocycles. The molecule has 0 N–H and O–H groups in total. The highest BCUT2D eigenvalue weighted by molar-refractivity contribution is 7.26. The third kappa shape index (κ3) is 5.07. The first-order valence-electron chi connectivity index (χ1n) is 18.5. The van der Waals surface area contributed by atoms with Crippen molar-refractivity contribution in [3.63, 3.8) is 0 Å². The molecule has 0 radical (unpaired) electrons. The van der Waals surface area contributed by atoms with Crippen LogP contribution in [-0.2, 0) is 0 Å². The fourth-order valence-electron chi connectivity index (χ4n) is 8.33. The lowest BCUT2D eigenvalue weighted by Crippen LogP contribution is -2.09. The van der Waals surface area contributed by atoms with Gasteiger partial charge in [0.25, 0.3) is 0 Å². The van der Waals surface area contributed by atoms with Gasteiger partial charge in [-0.2, -0.15) is 0 Å². The first-order valence-corrected chi connectivity index (χ1v) is 19.3. The summed E-state index contributed by atoms with van der Waals surface area (Å²) >= 11 is 1.89. The molecule has 252 valence electrons. The third-order valence-corrected chi connectivity index (χ3v) is 12.2. The minimum absolute atomic E-state index is 1.12. The fourth-order valence-corrected chi connectivity index (χ4v) is 9.60. The highest BCUT2D eigenvalue weighted by atomic mass is 32.1. The number of hydrogen-bond donors (Lipinski definition) is 0. The summed E-state index contributed by atoms with van der Waals surface area (Å²) in [4.78, 5) is 2.39. The highest BCUT2D eigenvalue weighted by Crippen LogP contribution is 2.43. The number of fused-ring (bicyclic) bond motifs is 10. The zero-order chi connectivity index (χ0) is 35.6. The van der Waals surface area contributed by atoms with E-state index in [1.807, 2.05) is 11.3 Å². The summed E-state index contributed by atoms with van der Waals surface area (Å²) in [6.07, 6.45) is 0. The van der Waals surface area contributed by atoms with Gasteiger partial charge in [-0.1, -0.05) is 158 Å². The van der Waals surface area contributed by atoms with Crippen molar-refractivity contribution in [2.24, 2.45) is 0 Å². The van der Waals surface area contributed by atoms with Crippen molar-refractivity contribution in [3.8, 4) is 22.3 Å². The van der Waals surface area contributed by atoms with Crippen molar-refractivity contribution in [3.05, 3.63) is 200 Å². The topological polar surface area (TPSA) is 3.24 Å². The summed E-state index contributed by atoms with van der Waals surface area (Å²) in [6.45, 7) is 0. The summed E-state index contributed by atoms with van der Waals surface area (Å²) in [5.74, 6) is 0. The summed E-state index contributed by atoms with van der Waals surface area (Å²) in [5, 5.41) is 12.9. The molecular weight excluding hydrogens is 671 g/mol. The second-order valence-electron chi connectivity index (χ2n) is 14.1. The van der Waals surface area contributed by atoms with Crippen LogP contribution in [0.5, 0.6) is 0 Å². The minimum atomic E-state index is 1.12. The molecule has 0 aliphatic carbocycles. The Hall–Kier alpha value is -6.74. The third-order valence-electron chi connectivity index (χ3n) is 11.0. The Bertz CT molecular complexity index is 3190. The van der Waals surface area contributed by atoms with Crippen molar-refractivity contribution < 1.29 is 0 Å². The van der Waals surface area contributed by atoms with E-state index in [1.54, 1.807) is 0 Å². The molecule has 0 aliphatic rings. The van der Waals surface area contributed by atoms with Gasteiger partial charge < -0.3 is 4.90 Å². The zero-order valence-corrected chi connectivity index (χ0v) is 30.2. The fraction of sp³-hybridized carbons (Fsp3) is 0. The number of rotatable bonds is 5. The van der Waals surface area contributed by atoms with Crippen LogP contribution >= 0.6 is 11.3 Å². The quantitative estimate of drug-likeness (QED) is 0.161. The van der Waals surface area contributed by atoms with E-state index in [9.17, 15) is 0 Å². The van der Waals surface area contributed by atoms with Crippen LogP contribution in [0.1, 0.15) is 0 Å². The Kier molecular flexibility index (Phi) is 7.11. The van der Waals surface area contributed by atoms with E-state index in [4.69, 9.17) is 0 Å². The van der Waals surface area contributed by atoms with Gasteiger partial charge in [-0.05, 0) is 108 Å². The number of thiophene rings is 1. The maximum atomic E-state index is 2.39. The van der Waals surface area contributed by atoms with Crippen molar-refractivity contribution in [1.82, 2.24) is 0 Å². The number of hydrogen-bond acceptors (Lipinski definition) is 2. The van der Waals surface area contributed by atoms with Crippen LogP contribution in [0.2, 0.25) is 0 Å². The predicted octanol–water partition coefficient (Wildman–Crippen LogP) is 15.5. The predicted molar refractivity (Wildman–Crippen MR) is 235 cm³/mol. The second kappa shape index (κ2) is 12.4. The molecule has 0 saturated carbocycles. The largest absolute Gasteiger partial charge is 0.310 e. The van der Waals surface area contributed by atoms with E-state index in [2.05, 4.69) is 205 Å². The molecule has 0 aliphatic heterocycles. The van der Waals surface area contributed by atoms with Gasteiger partial charge in [0.15, 0.2) is 0 Å². The molecule has 0 fully saturated rings. The van der Waals surface area contributed by atoms with Gasteiger partial charge in [-0.15, -0.1) is 11.3 Å². The zero-order valence-electron chi connectivity index (χ0n) is 29.4. The van der Waals surface area contributed by atoms with E-state index in [1.165, 1.54) is 85.5 Å². The van der Waals surface area contributed by atoms with E-state index < -0.39 is 0 Å². The van der Waals surface area contributed by atoms with Crippen LogP contribution in [-0.4, -0.2) is 0 Å². The maximum absolute atomic E-state index is 2.39. The Labute approximate surface area is 317 Å². The van der Waals surface area contributed by atoms with Crippen molar-refractivity contribution >= 4 is 91.7 Å². The van der Waals surface area contributed by atoms with Gasteiger partial charge >= 0.3 is 0 Å². The summed E-state index contributed by atoms with van der Waals surface area (Å²) in [5.41, 5.74) is 8.22. The van der Waals surface area contributed by atoms with Crippen molar-refractivity contribution in [2.75, 3.05) is 4.90 Å². The molecule has 1 aromatic heterocycles. The Morgan fingerprint density at radius 1 is 0.296 bits per heavy atom. The molecule has 54 heavy (non-hydrogen) atoms. The molecule has 11 aromatic rings. The molecule has 0 bridgehead atoms. The molecule has 0 atom stereocenters. The molecule has 11 rings (SSSR count). The smallest absolute Gasteiger partial charge is 0.0476 e. The van der Waals surface area contributed by atoms with Crippen LogP contribution in [0.25, 0.3) is 85.5 Å². The van der Waals surface area contributed by atoms with Gasteiger partial charge in [0.2, 0.25) is 0 Å². The van der Waals surface area contributed by atoms with Gasteiger partial charge in [0.05, 0.1) is 0 Å². The molecule has 1 nitrogen and oxygen atoms in total. The lowest BCUT2D eigenvalue weighted by molar-refractivity contribution is 1.29. The summed E-state index contributed by atoms with van der Waals surface area (Å²) < 4.78 is 2.64. The van der Waals surface area contributed by atoms with E-state index in [0.29, 0.717) is 0 Å². The normalized spacial score (nSPS) is 11.7. The lowest BCUT2D eigenvalue weighted by atomic mass is 9.94. The van der Waals surface area contributed by atoms with Crippen LogP contribution < -0.4 is 4.90 Å². The van der Waals surface area contributed by atoms with Crippen molar-refractivity contribution in [2.45, 2.75) is 0 Å². The lowest BCUT2D eigenvalue weighted by Gasteiger charge is -2.26. The van der Waals surface area contributed by atoms with Crippen molar-refractivity contribution in [1.29, 1.82) is 0 Å². The monoisotopic (exact) mass is 703 g/mol. The van der Waals surface area contributed by atoms with E-state index in [0.717, 1.165) is 17.1 Å². The standard InChI is InChI=1S/C52H33NS/c1-2-8-34(9-3-1)35-18-24-42(25-19-35)53(44-28-31-48-49-30-22-38-11-5-7-13-47(38)52(49)54-50(48)33-44)43-26-20-36(21-27-43)40-23-29-46-41(32-40)17-16-39-15-14-37-10-4-6-12-45(37)51(39)46/h1-33H. The maximum Gasteiger partial charge on any atom is 0.0476 e. The second-order valence-corrected chi connectivity index (χ2v) is 15.2. The van der Waals surface area contributed by atoms with Crippen LogP contribution in [0.4, 0.5) is 17.1 Å². The highest BCUT2D eigenvalue weighted by Gasteiger charge is 2.17. The Morgan fingerprint density at radius 2 is 0.796 bits per heavy atom. The Balaban J connectivity index is 1.01. The number of nitrogens with zero attached hydrogens (tertiary/aromatic N) is 1. The van der Waals surface area contributed by atoms with Gasteiger partial charge in [0, 0.05) is 37.2 Å². The molecule has 10 aromatic carbocycles. The van der Waals surface area contributed by atoms with Gasteiger partial charge in [0.1, 0.15) is 0 Å². The number of benzene rings is 10. The van der Waals surface area contributed by atoms with Gasteiger partial charge in [-0.3, -0.25) is 0 Å². The number of anilines is 3. The van der Waals surface area contributed by atoms with E-state index in [-0.39, 0.29) is 0 Å². The minimum Gasteiger partial charge on any atom is -0.310 e. The van der Waals surface area contributed by atoms with Crippen LogP contribution in [0.3, 0.4) is 0 Å². The first kappa shape index (κ1) is 30.8. The van der Waals surface area contributed by atoms with Crippen LogP contribution in [0, 0.1) is 0 Å². The molecule has 0 amide bonds. The summed E-state index contributed by atoms with van der Waals surface area (Å²) in [6, 6.07) is 73.4. The first-order chi connectivity index (χ1) is 26.7. The molecule has 0 spiro atoms. The summed E-state index contributed by atoms with van der Waals surface area (Å²) in [7, 11) is 0. The molecular formula is C52H33NS. The average Bonchev–Trinajstić information content (AvgIpc) is 3.63. The SMILES string of the molecule is c1ccc(-c2ccc(N(c3ccc(-c4ccc5c(ccc6ccc7ccccc7c65)c4)cc3)c3ccc4c(c3)sc3c5ccccc5ccc43)cc2)cc1. The van der Waals surface area contributed by atoms with Crippen LogP contribution in [0.15, 0.2) is 200 Å². The molecule has 0 saturated heterocycles. The van der Waals surface area contributed by atoms with Gasteiger partial charge in [-0.25, -0.2) is 0 Å². The molecule has 2 heteroatoms. The molecule has 0 unspecified atom stereocenters. The average molecular weight is 704 g/mol.